The number of nitrogens with two attached hydrogens (primary N) is 1. The Bertz CT molecular complexity index is 721. The standard InChI is InChI=1S/C12H16O2.C6H5ClO.C5H11NO2/c1-3-12(13)14-10(2)9-11-7-5-4-6-8-11;7-5-1-3-6(8)4-2-5;1-5(2,3)8-4(6)7/h4-8,10H,3,9H2,1-2H3;1-4,8H;1-3H3,(H2,6,7). The fourth-order valence-corrected chi connectivity index (χ4v) is 2.16. The molecule has 0 aliphatic rings. The zero-order valence-electron chi connectivity index (χ0n) is 18.2. The molecule has 0 aliphatic heterocycles. The van der Waals surface area contributed by atoms with E-state index in [2.05, 4.69) is 4.74 Å². The molecule has 2 aromatic carbocycles. The molecule has 166 valence electrons. The van der Waals surface area contributed by atoms with Gasteiger partial charge in [0.05, 0.1) is 0 Å². The normalized spacial score (nSPS) is 11.0. The van der Waals surface area contributed by atoms with Gasteiger partial charge < -0.3 is 20.3 Å². The second-order valence-electron chi connectivity index (χ2n) is 7.35. The van der Waals surface area contributed by atoms with E-state index in [4.69, 9.17) is 27.2 Å². The van der Waals surface area contributed by atoms with Crippen LogP contribution in [-0.2, 0) is 20.7 Å². The Labute approximate surface area is 184 Å². The fraction of sp³-hybridized carbons (Fsp3) is 0.391. The Balaban J connectivity index is 0.000000451. The Morgan fingerprint density at radius 2 is 1.60 bits per heavy atom. The van der Waals surface area contributed by atoms with Gasteiger partial charge >= 0.3 is 12.1 Å². The van der Waals surface area contributed by atoms with Crippen molar-refractivity contribution in [3.8, 4) is 5.75 Å². The molecule has 7 heteroatoms. The monoisotopic (exact) mass is 437 g/mol. The van der Waals surface area contributed by atoms with E-state index in [1.807, 2.05) is 37.3 Å². The van der Waals surface area contributed by atoms with Gasteiger partial charge in [-0.05, 0) is 57.5 Å². The summed E-state index contributed by atoms with van der Waals surface area (Å²) in [5.74, 6) is 0.114. The van der Waals surface area contributed by atoms with Crippen molar-refractivity contribution in [2.24, 2.45) is 5.73 Å². The lowest BCUT2D eigenvalue weighted by atomic mass is 10.1. The van der Waals surface area contributed by atoms with Crippen LogP contribution in [0.25, 0.3) is 0 Å². The summed E-state index contributed by atoms with van der Waals surface area (Å²) in [4.78, 5) is 21.0. The third kappa shape index (κ3) is 16.2. The number of amides is 1. The van der Waals surface area contributed by atoms with E-state index < -0.39 is 11.7 Å². The van der Waals surface area contributed by atoms with Gasteiger partial charge in [0.2, 0.25) is 0 Å². The number of hydrogen-bond donors (Lipinski definition) is 2. The molecule has 0 saturated heterocycles. The van der Waals surface area contributed by atoms with E-state index in [9.17, 15) is 9.59 Å². The van der Waals surface area contributed by atoms with Crippen molar-refractivity contribution in [3.63, 3.8) is 0 Å². The average Bonchev–Trinajstić information content (AvgIpc) is 2.64. The molecule has 0 bridgehead atoms. The van der Waals surface area contributed by atoms with E-state index >= 15 is 0 Å². The van der Waals surface area contributed by atoms with Gasteiger partial charge in [-0.2, -0.15) is 0 Å². The summed E-state index contributed by atoms with van der Waals surface area (Å²) in [6, 6.07) is 16.4. The third-order valence-corrected chi connectivity index (χ3v) is 3.47. The van der Waals surface area contributed by atoms with Crippen LogP contribution < -0.4 is 5.73 Å². The van der Waals surface area contributed by atoms with Crippen LogP contribution in [0.1, 0.15) is 46.6 Å². The number of carbonyl (C=O) groups excluding carboxylic acids is 2. The maximum Gasteiger partial charge on any atom is 0.405 e. The molecular formula is C23H32ClNO5. The molecule has 0 heterocycles. The highest BCUT2D eigenvalue weighted by atomic mass is 35.5. The molecule has 2 aromatic rings. The summed E-state index contributed by atoms with van der Waals surface area (Å²) < 4.78 is 9.74. The van der Waals surface area contributed by atoms with Crippen LogP contribution in [0.4, 0.5) is 4.79 Å². The summed E-state index contributed by atoms with van der Waals surface area (Å²) >= 11 is 5.50. The molecule has 1 atom stereocenters. The van der Waals surface area contributed by atoms with Crippen LogP contribution in [-0.4, -0.2) is 28.9 Å². The minimum Gasteiger partial charge on any atom is -0.508 e. The van der Waals surface area contributed by atoms with E-state index in [1.54, 1.807) is 52.0 Å². The number of phenols is 1. The van der Waals surface area contributed by atoms with Crippen molar-refractivity contribution in [2.75, 3.05) is 0 Å². The number of carbonyl (C=O) groups is 2. The summed E-state index contributed by atoms with van der Waals surface area (Å²) in [5, 5.41) is 9.34. The summed E-state index contributed by atoms with van der Waals surface area (Å²) in [6.45, 7) is 9.01. The number of hydrogen-bond acceptors (Lipinski definition) is 5. The van der Waals surface area contributed by atoms with E-state index in [0.717, 1.165) is 6.42 Å². The Kier molecular flexibility index (Phi) is 13.0. The van der Waals surface area contributed by atoms with Gasteiger partial charge in [-0.25, -0.2) is 4.79 Å². The highest BCUT2D eigenvalue weighted by Crippen LogP contribution is 2.12. The lowest BCUT2D eigenvalue weighted by Crippen LogP contribution is -2.27. The van der Waals surface area contributed by atoms with Crippen molar-refractivity contribution in [2.45, 2.75) is 59.2 Å². The topological polar surface area (TPSA) is 98.9 Å². The van der Waals surface area contributed by atoms with Crippen LogP contribution >= 0.6 is 11.6 Å². The van der Waals surface area contributed by atoms with Crippen molar-refractivity contribution < 1.29 is 24.2 Å². The van der Waals surface area contributed by atoms with E-state index in [1.165, 1.54) is 5.56 Å². The van der Waals surface area contributed by atoms with Gasteiger partial charge in [0.25, 0.3) is 0 Å². The van der Waals surface area contributed by atoms with Crippen molar-refractivity contribution in [3.05, 3.63) is 65.2 Å². The molecule has 0 fully saturated rings. The minimum absolute atomic E-state index is 0.0372. The Morgan fingerprint density at radius 3 is 1.97 bits per heavy atom. The SMILES string of the molecule is CC(C)(C)OC(N)=O.CCC(=O)OC(C)Cc1ccccc1.Oc1ccc(Cl)cc1. The third-order valence-electron chi connectivity index (χ3n) is 3.22. The highest BCUT2D eigenvalue weighted by molar-refractivity contribution is 6.30. The van der Waals surface area contributed by atoms with Crippen molar-refractivity contribution >= 4 is 23.7 Å². The van der Waals surface area contributed by atoms with Gasteiger partial charge in [0.15, 0.2) is 0 Å². The lowest BCUT2D eigenvalue weighted by molar-refractivity contribution is -0.147. The fourth-order valence-electron chi connectivity index (χ4n) is 2.04. The molecule has 30 heavy (non-hydrogen) atoms. The van der Waals surface area contributed by atoms with Crippen LogP contribution in [0, 0.1) is 0 Å². The molecule has 0 spiro atoms. The predicted molar refractivity (Wildman–Crippen MR) is 120 cm³/mol. The molecule has 1 amide bonds. The molecule has 1 unspecified atom stereocenters. The molecule has 0 aromatic heterocycles. The average molecular weight is 438 g/mol. The van der Waals surface area contributed by atoms with Crippen molar-refractivity contribution in [1.82, 2.24) is 0 Å². The maximum absolute atomic E-state index is 11.0. The zero-order chi connectivity index (χ0) is 23.2. The largest absolute Gasteiger partial charge is 0.508 e. The lowest BCUT2D eigenvalue weighted by Gasteiger charge is -2.16. The van der Waals surface area contributed by atoms with Crippen LogP contribution in [0.15, 0.2) is 54.6 Å². The van der Waals surface area contributed by atoms with E-state index in [0.29, 0.717) is 11.4 Å². The zero-order valence-corrected chi connectivity index (χ0v) is 19.0. The molecule has 0 radical (unpaired) electrons. The second-order valence-corrected chi connectivity index (χ2v) is 7.79. The number of halogens is 1. The summed E-state index contributed by atoms with van der Waals surface area (Å²) in [5.41, 5.74) is 5.46. The van der Waals surface area contributed by atoms with E-state index in [-0.39, 0.29) is 17.8 Å². The molecule has 3 N–H and O–H groups in total. The molecule has 0 saturated carbocycles. The second kappa shape index (κ2) is 14.3. The number of primary amides is 1. The Morgan fingerprint density at radius 1 is 1.07 bits per heavy atom. The maximum atomic E-state index is 11.0. The molecule has 0 aliphatic carbocycles. The first-order valence-electron chi connectivity index (χ1n) is 9.59. The highest BCUT2D eigenvalue weighted by Gasteiger charge is 2.12. The van der Waals surface area contributed by atoms with Crippen molar-refractivity contribution in [1.29, 1.82) is 0 Å². The smallest absolute Gasteiger partial charge is 0.405 e. The van der Waals surface area contributed by atoms with Gasteiger partial charge in [-0.15, -0.1) is 0 Å². The predicted octanol–water partition coefficient (Wildman–Crippen LogP) is 5.50. The first kappa shape index (κ1) is 27.3. The number of ether oxygens (including phenoxy) is 2. The summed E-state index contributed by atoms with van der Waals surface area (Å²) in [7, 11) is 0. The van der Waals surface area contributed by atoms with Gasteiger partial charge in [-0.1, -0.05) is 48.9 Å². The number of esters is 1. The van der Waals surface area contributed by atoms with Crippen LogP contribution in [0.3, 0.4) is 0 Å². The minimum atomic E-state index is -0.725. The molecule has 6 nitrogen and oxygen atoms in total. The number of phenolic OH excluding ortho intramolecular Hbond substituents is 1. The molecule has 2 rings (SSSR count). The van der Waals surface area contributed by atoms with Crippen LogP contribution in [0.5, 0.6) is 5.75 Å². The number of rotatable bonds is 4. The quantitative estimate of drug-likeness (QED) is 0.615. The number of benzene rings is 2. The van der Waals surface area contributed by atoms with Crippen LogP contribution in [0.2, 0.25) is 5.02 Å². The van der Waals surface area contributed by atoms with Gasteiger partial charge in [0, 0.05) is 17.9 Å². The number of aromatic hydroxyl groups is 1. The first-order chi connectivity index (χ1) is 13.9. The summed E-state index contributed by atoms with van der Waals surface area (Å²) in [6.07, 6.45) is 0.466. The Hall–Kier alpha value is -2.73. The first-order valence-corrected chi connectivity index (χ1v) is 9.97. The van der Waals surface area contributed by atoms with Gasteiger partial charge in [-0.3, -0.25) is 4.79 Å². The molecular weight excluding hydrogens is 406 g/mol. The van der Waals surface area contributed by atoms with Gasteiger partial charge in [0.1, 0.15) is 17.5 Å².